The minimum atomic E-state index is -0.783. The summed E-state index contributed by atoms with van der Waals surface area (Å²) in [5.74, 6) is -0.873. The Morgan fingerprint density at radius 3 is 0.771 bits per heavy atom. The number of hydrogen-bond acceptors (Lipinski definition) is 6. The van der Waals surface area contributed by atoms with Crippen LogP contribution in [0.1, 0.15) is 367 Å². The van der Waals surface area contributed by atoms with Gasteiger partial charge in [0.1, 0.15) is 13.2 Å². The molecule has 0 N–H and O–H groups in total. The van der Waals surface area contributed by atoms with Gasteiger partial charge in [0, 0.05) is 19.3 Å². The SMILES string of the molecule is CC/C=C\C/C=C\C/C=C\C/C=C\CCCCCCCCCCCCCCCCCCCCC(=O)OCC(COC(=O)CCCCCCC/C=C\C/C=C\CCCCC)OC(=O)CCCCCCCCCCC/C=C\CCCCCCCC. The maximum absolute atomic E-state index is 13.0. The number of allylic oxidation sites excluding steroid dienone is 14. The van der Waals surface area contributed by atoms with E-state index in [0.717, 1.165) is 103 Å². The predicted molar refractivity (Wildman–Crippen MR) is 362 cm³/mol. The molecule has 6 heteroatoms. The van der Waals surface area contributed by atoms with E-state index in [1.54, 1.807) is 0 Å². The Kier molecular flexibility index (Phi) is 68.2. The maximum atomic E-state index is 13.0. The van der Waals surface area contributed by atoms with Crippen molar-refractivity contribution in [3.05, 3.63) is 85.1 Å². The zero-order chi connectivity index (χ0) is 59.9. The van der Waals surface area contributed by atoms with Crippen LogP contribution in [0.15, 0.2) is 85.1 Å². The van der Waals surface area contributed by atoms with Gasteiger partial charge < -0.3 is 14.2 Å². The van der Waals surface area contributed by atoms with E-state index in [0.29, 0.717) is 19.3 Å². The Hall–Kier alpha value is -3.41. The maximum Gasteiger partial charge on any atom is 0.306 e. The van der Waals surface area contributed by atoms with Gasteiger partial charge in [0.2, 0.25) is 0 Å². The molecular weight excluding hydrogens is 1020 g/mol. The number of rotatable bonds is 66. The molecule has 0 saturated carbocycles. The van der Waals surface area contributed by atoms with Crippen molar-refractivity contribution >= 4 is 17.9 Å². The highest BCUT2D eigenvalue weighted by molar-refractivity contribution is 5.71. The number of hydrogen-bond donors (Lipinski definition) is 0. The lowest BCUT2D eigenvalue weighted by Gasteiger charge is -2.18. The first-order valence-electron chi connectivity index (χ1n) is 36.1. The molecule has 1 unspecified atom stereocenters. The summed E-state index contributed by atoms with van der Waals surface area (Å²) < 4.78 is 17.0. The van der Waals surface area contributed by atoms with Crippen LogP contribution >= 0.6 is 0 Å². The van der Waals surface area contributed by atoms with Gasteiger partial charge in [-0.1, -0.05) is 318 Å². The Bertz CT molecular complexity index is 1570. The second kappa shape index (κ2) is 71.1. The van der Waals surface area contributed by atoms with Gasteiger partial charge in [0.15, 0.2) is 6.10 Å². The first kappa shape index (κ1) is 79.6. The number of carbonyl (C=O) groups is 3. The van der Waals surface area contributed by atoms with Gasteiger partial charge in [-0.2, -0.15) is 0 Å². The van der Waals surface area contributed by atoms with Crippen LogP contribution in [0.5, 0.6) is 0 Å². The highest BCUT2D eigenvalue weighted by atomic mass is 16.6. The molecule has 480 valence electrons. The van der Waals surface area contributed by atoms with Crippen molar-refractivity contribution in [3.63, 3.8) is 0 Å². The van der Waals surface area contributed by atoms with Gasteiger partial charge in [-0.25, -0.2) is 0 Å². The summed E-state index contributed by atoms with van der Waals surface area (Å²) in [6, 6.07) is 0. The molecule has 0 amide bonds. The lowest BCUT2D eigenvalue weighted by molar-refractivity contribution is -0.167. The van der Waals surface area contributed by atoms with Gasteiger partial charge in [-0.05, 0) is 116 Å². The molecule has 0 aliphatic rings. The molecule has 6 nitrogen and oxygen atoms in total. The Labute approximate surface area is 515 Å². The van der Waals surface area contributed by atoms with Gasteiger partial charge in [0.05, 0.1) is 0 Å². The molecular formula is C77H136O6. The van der Waals surface area contributed by atoms with Crippen molar-refractivity contribution in [3.8, 4) is 0 Å². The summed E-state index contributed by atoms with van der Waals surface area (Å²) in [6.45, 7) is 6.54. The molecule has 0 fully saturated rings. The molecule has 0 saturated heterocycles. The van der Waals surface area contributed by atoms with Crippen LogP contribution in [0.25, 0.3) is 0 Å². The highest BCUT2D eigenvalue weighted by Crippen LogP contribution is 2.18. The number of unbranched alkanes of at least 4 members (excludes halogenated alkanes) is 41. The van der Waals surface area contributed by atoms with E-state index < -0.39 is 6.10 Å². The van der Waals surface area contributed by atoms with Crippen molar-refractivity contribution in [1.82, 2.24) is 0 Å². The summed E-state index contributed by atoms with van der Waals surface area (Å²) in [7, 11) is 0. The third kappa shape index (κ3) is 69.3. The fraction of sp³-hybridized carbons (Fsp3) is 0.779. The first-order valence-corrected chi connectivity index (χ1v) is 36.1. The molecule has 0 bridgehead atoms. The van der Waals surface area contributed by atoms with Crippen LogP contribution in [0.3, 0.4) is 0 Å². The van der Waals surface area contributed by atoms with Crippen molar-refractivity contribution in [2.24, 2.45) is 0 Å². The summed E-state index contributed by atoms with van der Waals surface area (Å²) >= 11 is 0. The number of ether oxygens (including phenoxy) is 3. The molecule has 0 aliphatic heterocycles. The average molecular weight is 1160 g/mol. The van der Waals surface area contributed by atoms with Crippen LogP contribution in [-0.2, 0) is 28.6 Å². The summed E-state index contributed by atoms with van der Waals surface area (Å²) in [6.07, 6.45) is 94.7. The molecule has 0 aromatic rings. The Morgan fingerprint density at radius 2 is 0.470 bits per heavy atom. The van der Waals surface area contributed by atoms with E-state index >= 15 is 0 Å². The van der Waals surface area contributed by atoms with E-state index in [9.17, 15) is 14.4 Å². The van der Waals surface area contributed by atoms with E-state index in [-0.39, 0.29) is 31.1 Å². The van der Waals surface area contributed by atoms with Gasteiger partial charge >= 0.3 is 17.9 Å². The molecule has 0 radical (unpaired) electrons. The second-order valence-corrected chi connectivity index (χ2v) is 24.1. The smallest absolute Gasteiger partial charge is 0.306 e. The van der Waals surface area contributed by atoms with Gasteiger partial charge in [-0.3, -0.25) is 14.4 Å². The number of esters is 3. The molecule has 0 aliphatic carbocycles. The predicted octanol–water partition coefficient (Wildman–Crippen LogP) is 25.0. The quantitative estimate of drug-likeness (QED) is 0.0261. The van der Waals surface area contributed by atoms with Gasteiger partial charge in [-0.15, -0.1) is 0 Å². The Morgan fingerprint density at radius 1 is 0.253 bits per heavy atom. The zero-order valence-electron chi connectivity index (χ0n) is 55.2. The second-order valence-electron chi connectivity index (χ2n) is 24.1. The van der Waals surface area contributed by atoms with Crippen molar-refractivity contribution in [2.75, 3.05) is 13.2 Å². The fourth-order valence-corrected chi connectivity index (χ4v) is 10.5. The molecule has 0 spiro atoms. The van der Waals surface area contributed by atoms with Crippen LogP contribution in [-0.4, -0.2) is 37.2 Å². The minimum Gasteiger partial charge on any atom is -0.462 e. The van der Waals surface area contributed by atoms with Crippen molar-refractivity contribution < 1.29 is 28.6 Å². The molecule has 83 heavy (non-hydrogen) atoms. The molecule has 1 atom stereocenters. The van der Waals surface area contributed by atoms with Crippen molar-refractivity contribution in [1.29, 1.82) is 0 Å². The Balaban J connectivity index is 4.23. The zero-order valence-corrected chi connectivity index (χ0v) is 55.2. The van der Waals surface area contributed by atoms with Gasteiger partial charge in [0.25, 0.3) is 0 Å². The van der Waals surface area contributed by atoms with Crippen LogP contribution < -0.4 is 0 Å². The highest BCUT2D eigenvalue weighted by Gasteiger charge is 2.19. The van der Waals surface area contributed by atoms with Crippen LogP contribution in [0.2, 0.25) is 0 Å². The van der Waals surface area contributed by atoms with Crippen LogP contribution in [0.4, 0.5) is 0 Å². The summed E-state index contributed by atoms with van der Waals surface area (Å²) in [5, 5.41) is 0. The average Bonchev–Trinajstić information content (AvgIpc) is 3.49. The standard InChI is InChI=1S/C77H136O6/c1-4-7-10-13-16-19-22-25-28-30-32-33-34-35-36-37-38-39-40-41-42-43-45-46-49-52-55-58-61-64-67-70-76(79)82-73-74(72-81-75(78)69-66-63-60-57-54-51-48-27-24-21-18-15-12-9-6-3)83-77(80)71-68-65-62-59-56-53-50-47-44-31-29-26-23-20-17-14-11-8-5-2/h7,10,16,18-19,21,25-29,32-33,48,74H,4-6,8-9,11-15,17,20,22-24,30-31,34-47,49-73H2,1-3H3/b10-7-,19-16-,21-18-,28-25-,29-26-,33-32-,48-27-. The fourth-order valence-electron chi connectivity index (χ4n) is 10.5. The van der Waals surface area contributed by atoms with E-state index in [1.807, 2.05) is 0 Å². The third-order valence-corrected chi connectivity index (χ3v) is 15.9. The number of carbonyl (C=O) groups excluding carboxylic acids is 3. The molecule has 0 rings (SSSR count). The molecule has 0 aromatic heterocycles. The summed E-state index contributed by atoms with van der Waals surface area (Å²) in [5.41, 5.74) is 0. The largest absolute Gasteiger partial charge is 0.462 e. The first-order chi connectivity index (χ1) is 41.0. The van der Waals surface area contributed by atoms with E-state index in [4.69, 9.17) is 14.2 Å². The minimum absolute atomic E-state index is 0.0777. The molecule has 0 heterocycles. The molecule has 0 aromatic carbocycles. The lowest BCUT2D eigenvalue weighted by Crippen LogP contribution is -2.30. The van der Waals surface area contributed by atoms with Crippen LogP contribution in [0, 0.1) is 0 Å². The van der Waals surface area contributed by atoms with Crippen molar-refractivity contribution in [2.45, 2.75) is 374 Å². The monoisotopic (exact) mass is 1160 g/mol. The van der Waals surface area contributed by atoms with E-state index in [1.165, 1.54) is 225 Å². The van der Waals surface area contributed by atoms with E-state index in [2.05, 4.69) is 106 Å². The normalized spacial score (nSPS) is 12.6. The third-order valence-electron chi connectivity index (χ3n) is 15.9. The summed E-state index contributed by atoms with van der Waals surface area (Å²) in [4.78, 5) is 38.5. The lowest BCUT2D eigenvalue weighted by atomic mass is 10.0. The topological polar surface area (TPSA) is 78.9 Å².